The van der Waals surface area contributed by atoms with Gasteiger partial charge in [0.25, 0.3) is 0 Å². The van der Waals surface area contributed by atoms with Crippen molar-refractivity contribution in [1.82, 2.24) is 34.3 Å². The fraction of sp³-hybridized carbons (Fsp3) is 0.125. The zero-order chi connectivity index (χ0) is 19.5. The summed E-state index contributed by atoms with van der Waals surface area (Å²) in [6.07, 6.45) is 7.40. The number of rotatable bonds is 6. The summed E-state index contributed by atoms with van der Waals surface area (Å²) >= 11 is 1.19. The molecule has 0 saturated heterocycles. The largest absolute Gasteiger partial charge is 0.333 e. The molecule has 0 aliphatic heterocycles. The Hall–Kier alpha value is -3.41. The molecule has 0 aliphatic rings. The molecule has 4 heterocycles. The van der Waals surface area contributed by atoms with Crippen LogP contribution in [-0.4, -0.2) is 46.0 Å². The number of aromatic nitrogens is 7. The van der Waals surface area contributed by atoms with Gasteiger partial charge in [-0.25, -0.2) is 19.2 Å². The number of halogens is 2. The van der Waals surface area contributed by atoms with E-state index >= 15 is 0 Å². The molecule has 9 nitrogen and oxygen atoms in total. The van der Waals surface area contributed by atoms with E-state index in [2.05, 4.69) is 30.5 Å². The lowest BCUT2D eigenvalue weighted by Gasteiger charge is -1.99. The SMILES string of the molecule is O=C(CSc1ncccn1)Nc1nc2ccc(-c3cnn(C(F)F)c3)cn2n1. The van der Waals surface area contributed by atoms with Gasteiger partial charge in [-0.1, -0.05) is 11.8 Å². The lowest BCUT2D eigenvalue weighted by molar-refractivity contribution is -0.113. The summed E-state index contributed by atoms with van der Waals surface area (Å²) in [4.78, 5) is 24.3. The average molecular weight is 402 g/mol. The van der Waals surface area contributed by atoms with Crippen molar-refractivity contribution in [3.63, 3.8) is 0 Å². The van der Waals surface area contributed by atoms with Crippen LogP contribution in [0.4, 0.5) is 14.7 Å². The standard InChI is InChI=1S/C16H12F2N8OS/c17-14(18)26-8-11(6-21-26)10-2-3-12-22-15(24-25(12)7-10)23-13(27)9-28-16-19-4-1-5-20-16/h1-8,14H,9H2,(H,23,24,27). The highest BCUT2D eigenvalue weighted by Crippen LogP contribution is 2.21. The molecule has 0 radical (unpaired) electrons. The van der Waals surface area contributed by atoms with Crippen molar-refractivity contribution < 1.29 is 13.6 Å². The smallest absolute Gasteiger partial charge is 0.292 e. The molecule has 142 valence electrons. The molecule has 4 aromatic heterocycles. The van der Waals surface area contributed by atoms with Crippen LogP contribution in [0.2, 0.25) is 0 Å². The number of alkyl halides is 2. The monoisotopic (exact) mass is 402 g/mol. The number of pyridine rings is 1. The van der Waals surface area contributed by atoms with Gasteiger partial charge < -0.3 is 0 Å². The van der Waals surface area contributed by atoms with Crippen molar-refractivity contribution in [1.29, 1.82) is 0 Å². The first-order valence-electron chi connectivity index (χ1n) is 7.97. The van der Waals surface area contributed by atoms with Crippen LogP contribution < -0.4 is 5.32 Å². The van der Waals surface area contributed by atoms with E-state index in [4.69, 9.17) is 0 Å². The molecule has 0 atom stereocenters. The van der Waals surface area contributed by atoms with Crippen LogP contribution in [0.3, 0.4) is 0 Å². The highest BCUT2D eigenvalue weighted by Gasteiger charge is 2.12. The maximum absolute atomic E-state index is 12.7. The van der Waals surface area contributed by atoms with Gasteiger partial charge >= 0.3 is 6.55 Å². The Morgan fingerprint density at radius 2 is 2.00 bits per heavy atom. The van der Waals surface area contributed by atoms with Crippen LogP contribution in [0.5, 0.6) is 0 Å². The molecule has 4 aromatic rings. The lowest BCUT2D eigenvalue weighted by atomic mass is 10.2. The summed E-state index contributed by atoms with van der Waals surface area (Å²) in [7, 11) is 0. The third-order valence-electron chi connectivity index (χ3n) is 3.59. The van der Waals surface area contributed by atoms with Gasteiger partial charge in [0.1, 0.15) is 0 Å². The quantitative estimate of drug-likeness (QED) is 0.390. The van der Waals surface area contributed by atoms with Crippen molar-refractivity contribution in [2.24, 2.45) is 0 Å². The fourth-order valence-corrected chi connectivity index (χ4v) is 2.95. The van der Waals surface area contributed by atoms with E-state index in [0.717, 1.165) is 0 Å². The third kappa shape index (κ3) is 3.96. The number of thioether (sulfide) groups is 1. The third-order valence-corrected chi connectivity index (χ3v) is 4.47. The lowest BCUT2D eigenvalue weighted by Crippen LogP contribution is -2.15. The molecule has 0 aliphatic carbocycles. The van der Waals surface area contributed by atoms with E-state index < -0.39 is 6.55 Å². The van der Waals surface area contributed by atoms with Gasteiger partial charge in [0, 0.05) is 35.9 Å². The molecular formula is C16H12F2N8OS. The van der Waals surface area contributed by atoms with E-state index in [1.165, 1.54) is 28.7 Å². The summed E-state index contributed by atoms with van der Waals surface area (Å²) in [5.74, 6) is -0.0516. The second-order valence-electron chi connectivity index (χ2n) is 5.51. The van der Waals surface area contributed by atoms with Crippen LogP contribution in [0.15, 0.2) is 54.3 Å². The average Bonchev–Trinajstić information content (AvgIpc) is 3.33. The molecular weight excluding hydrogens is 390 g/mol. The molecule has 4 rings (SSSR count). The topological polar surface area (TPSA) is 103 Å². The second kappa shape index (κ2) is 7.68. The fourth-order valence-electron chi connectivity index (χ4n) is 2.35. The first kappa shape index (κ1) is 18.0. The Morgan fingerprint density at radius 3 is 2.75 bits per heavy atom. The summed E-state index contributed by atoms with van der Waals surface area (Å²) in [6, 6.07) is 5.08. The van der Waals surface area contributed by atoms with Crippen LogP contribution in [0.25, 0.3) is 16.8 Å². The Balaban J connectivity index is 1.46. The molecule has 0 fully saturated rings. The first-order valence-corrected chi connectivity index (χ1v) is 8.96. The van der Waals surface area contributed by atoms with Gasteiger partial charge in [0.2, 0.25) is 11.9 Å². The summed E-state index contributed by atoms with van der Waals surface area (Å²) in [5, 5.41) is 10.9. The number of hydrogen-bond acceptors (Lipinski definition) is 7. The number of carbonyl (C=O) groups excluding carboxylic acids is 1. The zero-order valence-electron chi connectivity index (χ0n) is 14.1. The Labute approximate surface area is 160 Å². The number of anilines is 1. The minimum atomic E-state index is -2.70. The van der Waals surface area contributed by atoms with Crippen LogP contribution in [0, 0.1) is 0 Å². The molecule has 0 aromatic carbocycles. The molecule has 28 heavy (non-hydrogen) atoms. The maximum Gasteiger partial charge on any atom is 0.333 e. The summed E-state index contributed by atoms with van der Waals surface area (Å²) in [5.41, 5.74) is 1.65. The predicted octanol–water partition coefficient (Wildman–Crippen LogP) is 2.51. The van der Waals surface area contributed by atoms with E-state index in [9.17, 15) is 13.6 Å². The number of fused-ring (bicyclic) bond motifs is 1. The first-order chi connectivity index (χ1) is 13.6. The van der Waals surface area contributed by atoms with Gasteiger partial charge in [-0.2, -0.15) is 18.9 Å². The number of nitrogens with one attached hydrogen (secondary N) is 1. The number of amides is 1. The Morgan fingerprint density at radius 1 is 1.18 bits per heavy atom. The molecule has 0 bridgehead atoms. The molecule has 0 unspecified atom stereocenters. The highest BCUT2D eigenvalue weighted by molar-refractivity contribution is 7.99. The number of hydrogen-bond donors (Lipinski definition) is 1. The van der Waals surface area contributed by atoms with E-state index in [1.807, 2.05) is 0 Å². The van der Waals surface area contributed by atoms with E-state index in [1.54, 1.807) is 36.8 Å². The molecule has 0 spiro atoms. The molecule has 0 saturated carbocycles. The van der Waals surface area contributed by atoms with Crippen LogP contribution in [0.1, 0.15) is 6.55 Å². The summed E-state index contributed by atoms with van der Waals surface area (Å²) in [6.45, 7) is -2.70. The maximum atomic E-state index is 12.7. The molecule has 1 amide bonds. The van der Waals surface area contributed by atoms with Gasteiger partial charge in [-0.3, -0.25) is 10.1 Å². The minimum absolute atomic E-state index is 0.109. The van der Waals surface area contributed by atoms with Gasteiger partial charge in [0.05, 0.1) is 11.9 Å². The normalized spacial score (nSPS) is 11.2. The van der Waals surface area contributed by atoms with Gasteiger partial charge in [0.15, 0.2) is 10.8 Å². The number of nitrogens with zero attached hydrogens (tertiary/aromatic N) is 7. The van der Waals surface area contributed by atoms with Crippen molar-refractivity contribution in [2.75, 3.05) is 11.1 Å². The van der Waals surface area contributed by atoms with Crippen molar-refractivity contribution >= 4 is 29.3 Å². The zero-order valence-corrected chi connectivity index (χ0v) is 14.9. The Kier molecular flexibility index (Phi) is 4.93. The van der Waals surface area contributed by atoms with Crippen LogP contribution in [-0.2, 0) is 4.79 Å². The second-order valence-corrected chi connectivity index (χ2v) is 6.45. The van der Waals surface area contributed by atoms with E-state index in [0.29, 0.717) is 26.6 Å². The van der Waals surface area contributed by atoms with Crippen molar-refractivity contribution in [2.45, 2.75) is 11.7 Å². The Bertz CT molecular complexity index is 1110. The van der Waals surface area contributed by atoms with Gasteiger partial charge in [-0.15, -0.1) is 5.10 Å². The summed E-state index contributed by atoms with van der Waals surface area (Å²) < 4.78 is 27.4. The van der Waals surface area contributed by atoms with Crippen molar-refractivity contribution in [3.8, 4) is 11.1 Å². The van der Waals surface area contributed by atoms with Crippen LogP contribution >= 0.6 is 11.8 Å². The highest BCUT2D eigenvalue weighted by atomic mass is 32.2. The predicted molar refractivity (Wildman–Crippen MR) is 96.8 cm³/mol. The van der Waals surface area contributed by atoms with E-state index in [-0.39, 0.29) is 17.6 Å². The van der Waals surface area contributed by atoms with Crippen molar-refractivity contribution in [3.05, 3.63) is 49.2 Å². The van der Waals surface area contributed by atoms with Gasteiger partial charge in [-0.05, 0) is 18.2 Å². The molecule has 1 N–H and O–H groups in total. The molecule has 12 heteroatoms. The minimum Gasteiger partial charge on any atom is -0.292 e. The number of carbonyl (C=O) groups is 1.